The van der Waals surface area contributed by atoms with Crippen LogP contribution in [0.3, 0.4) is 0 Å². The summed E-state index contributed by atoms with van der Waals surface area (Å²) in [7, 11) is 1.56. The first-order valence-electron chi connectivity index (χ1n) is 8.51. The van der Waals surface area contributed by atoms with Gasteiger partial charge in [0, 0.05) is 13.8 Å². The second kappa shape index (κ2) is 7.46. The van der Waals surface area contributed by atoms with Gasteiger partial charge in [0.25, 0.3) is 5.79 Å². The number of hydrogen-bond donors (Lipinski definition) is 0. The molecule has 0 spiro atoms. The molecule has 1 aliphatic heterocycles. The van der Waals surface area contributed by atoms with Gasteiger partial charge in [-0.3, -0.25) is 0 Å². The molecule has 1 heterocycles. The summed E-state index contributed by atoms with van der Waals surface area (Å²) in [5, 5.41) is 0. The van der Waals surface area contributed by atoms with Crippen molar-refractivity contribution in [3.05, 3.63) is 26.8 Å². The summed E-state index contributed by atoms with van der Waals surface area (Å²) >= 11 is 2.17. The molecule has 1 aliphatic carbocycles. The molecule has 0 aromatic heterocycles. The molecular formula is C19H21IO6. The fourth-order valence-corrected chi connectivity index (χ4v) is 3.81. The van der Waals surface area contributed by atoms with Crippen molar-refractivity contribution in [1.82, 2.24) is 0 Å². The van der Waals surface area contributed by atoms with Gasteiger partial charge < -0.3 is 18.9 Å². The monoisotopic (exact) mass is 472 g/mol. The molecule has 140 valence electrons. The van der Waals surface area contributed by atoms with Crippen molar-refractivity contribution < 1.29 is 28.5 Å². The summed E-state index contributed by atoms with van der Waals surface area (Å²) in [6.07, 6.45) is 6.08. The topological polar surface area (TPSA) is 71.1 Å². The molecule has 26 heavy (non-hydrogen) atoms. The van der Waals surface area contributed by atoms with Crippen molar-refractivity contribution in [3.63, 3.8) is 0 Å². The van der Waals surface area contributed by atoms with Crippen LogP contribution in [-0.2, 0) is 19.1 Å². The molecule has 1 saturated carbocycles. The standard InChI is InChI=1S/C19H21IO6/c1-19(2)25-17(21)13(18(22)26-19)8-11-9-14(20)16(15(10-11)23-3)24-12-6-4-5-7-12/h8-10,12H,4-7H2,1-3H3. The Bertz CT molecular complexity index is 740. The highest BCUT2D eigenvalue weighted by Crippen LogP contribution is 2.37. The minimum absolute atomic E-state index is 0.147. The van der Waals surface area contributed by atoms with Crippen LogP contribution in [0.4, 0.5) is 0 Å². The number of benzene rings is 1. The molecule has 0 N–H and O–H groups in total. The summed E-state index contributed by atoms with van der Waals surface area (Å²) in [4.78, 5) is 24.2. The van der Waals surface area contributed by atoms with Crippen molar-refractivity contribution in [3.8, 4) is 11.5 Å². The second-order valence-electron chi connectivity index (χ2n) is 6.80. The molecule has 2 fully saturated rings. The number of halogens is 1. The highest BCUT2D eigenvalue weighted by atomic mass is 127. The number of esters is 2. The van der Waals surface area contributed by atoms with E-state index in [0.29, 0.717) is 17.1 Å². The van der Waals surface area contributed by atoms with Crippen molar-refractivity contribution in [2.75, 3.05) is 7.11 Å². The molecule has 0 bridgehead atoms. The second-order valence-corrected chi connectivity index (χ2v) is 7.96. The lowest BCUT2D eigenvalue weighted by Gasteiger charge is -2.29. The molecular weight excluding hydrogens is 451 g/mol. The van der Waals surface area contributed by atoms with E-state index in [1.807, 2.05) is 6.07 Å². The van der Waals surface area contributed by atoms with Gasteiger partial charge in [0.1, 0.15) is 5.57 Å². The minimum Gasteiger partial charge on any atom is -0.493 e. The number of carbonyl (C=O) groups is 2. The van der Waals surface area contributed by atoms with Gasteiger partial charge in [-0.15, -0.1) is 0 Å². The van der Waals surface area contributed by atoms with Gasteiger partial charge in [0.2, 0.25) is 0 Å². The Hall–Kier alpha value is -1.77. The van der Waals surface area contributed by atoms with Gasteiger partial charge in [0.15, 0.2) is 11.5 Å². The summed E-state index contributed by atoms with van der Waals surface area (Å²) in [6.45, 7) is 3.03. The van der Waals surface area contributed by atoms with Crippen LogP contribution >= 0.6 is 22.6 Å². The number of rotatable bonds is 4. The van der Waals surface area contributed by atoms with E-state index < -0.39 is 17.7 Å². The largest absolute Gasteiger partial charge is 0.493 e. The van der Waals surface area contributed by atoms with Crippen LogP contribution in [0.5, 0.6) is 11.5 Å². The lowest BCUT2D eigenvalue weighted by atomic mass is 10.1. The van der Waals surface area contributed by atoms with Crippen LogP contribution in [-0.4, -0.2) is 30.9 Å². The molecule has 1 saturated heterocycles. The van der Waals surface area contributed by atoms with E-state index >= 15 is 0 Å². The molecule has 7 heteroatoms. The fourth-order valence-electron chi connectivity index (χ4n) is 3.06. The van der Waals surface area contributed by atoms with Gasteiger partial charge >= 0.3 is 11.9 Å². The Morgan fingerprint density at radius 1 is 1.15 bits per heavy atom. The van der Waals surface area contributed by atoms with E-state index in [1.54, 1.807) is 13.2 Å². The van der Waals surface area contributed by atoms with E-state index in [-0.39, 0.29) is 11.7 Å². The third kappa shape index (κ3) is 4.13. The SMILES string of the molecule is COc1cc(C=C2C(=O)OC(C)(C)OC2=O)cc(I)c1OC1CCCC1. The van der Waals surface area contributed by atoms with Gasteiger partial charge in [-0.2, -0.15) is 0 Å². The van der Waals surface area contributed by atoms with Crippen molar-refractivity contribution in [2.24, 2.45) is 0 Å². The third-order valence-corrected chi connectivity index (χ3v) is 5.07. The summed E-state index contributed by atoms with van der Waals surface area (Å²) < 4.78 is 22.7. The predicted octanol–water partition coefficient (Wildman–Crippen LogP) is 3.84. The maximum absolute atomic E-state index is 12.1. The lowest BCUT2D eigenvalue weighted by Crippen LogP contribution is -2.41. The van der Waals surface area contributed by atoms with Crippen LogP contribution < -0.4 is 9.47 Å². The maximum Gasteiger partial charge on any atom is 0.348 e. The van der Waals surface area contributed by atoms with Gasteiger partial charge in [0.05, 0.1) is 16.8 Å². The number of cyclic esters (lactones) is 2. The van der Waals surface area contributed by atoms with Crippen molar-refractivity contribution in [2.45, 2.75) is 51.4 Å². The van der Waals surface area contributed by atoms with E-state index in [2.05, 4.69) is 22.6 Å². The van der Waals surface area contributed by atoms with E-state index in [4.69, 9.17) is 18.9 Å². The Kier molecular flexibility index (Phi) is 5.45. The van der Waals surface area contributed by atoms with E-state index in [0.717, 1.165) is 16.4 Å². The molecule has 0 unspecified atom stereocenters. The van der Waals surface area contributed by atoms with Gasteiger partial charge in [-0.25, -0.2) is 9.59 Å². The zero-order valence-electron chi connectivity index (χ0n) is 15.0. The molecule has 3 rings (SSSR count). The molecule has 0 radical (unpaired) electrons. The highest BCUT2D eigenvalue weighted by molar-refractivity contribution is 14.1. The zero-order valence-corrected chi connectivity index (χ0v) is 17.1. The number of ether oxygens (including phenoxy) is 4. The van der Waals surface area contributed by atoms with E-state index in [9.17, 15) is 9.59 Å². The molecule has 0 amide bonds. The number of carbonyl (C=O) groups excluding carboxylic acids is 2. The molecule has 2 aliphatic rings. The van der Waals surface area contributed by atoms with Crippen LogP contribution in [0.2, 0.25) is 0 Å². The first kappa shape index (κ1) is 19.0. The first-order valence-corrected chi connectivity index (χ1v) is 9.59. The quantitative estimate of drug-likeness (QED) is 0.287. The average Bonchev–Trinajstić information content (AvgIpc) is 3.05. The Labute approximate surface area is 166 Å². The summed E-state index contributed by atoms with van der Waals surface area (Å²) in [6, 6.07) is 3.57. The van der Waals surface area contributed by atoms with Crippen LogP contribution in [0, 0.1) is 3.57 Å². The van der Waals surface area contributed by atoms with Gasteiger partial charge in [-0.1, -0.05) is 0 Å². The first-order chi connectivity index (χ1) is 12.3. The van der Waals surface area contributed by atoms with Gasteiger partial charge in [-0.05, 0) is 72.0 Å². The number of hydrogen-bond acceptors (Lipinski definition) is 6. The summed E-state index contributed by atoms with van der Waals surface area (Å²) in [5.74, 6) is -1.40. The van der Waals surface area contributed by atoms with Crippen molar-refractivity contribution in [1.29, 1.82) is 0 Å². The highest BCUT2D eigenvalue weighted by Gasteiger charge is 2.38. The Morgan fingerprint density at radius 3 is 2.35 bits per heavy atom. The molecule has 6 nitrogen and oxygen atoms in total. The fraction of sp³-hybridized carbons (Fsp3) is 0.474. The van der Waals surface area contributed by atoms with Crippen LogP contribution in [0.1, 0.15) is 45.1 Å². The van der Waals surface area contributed by atoms with E-state index in [1.165, 1.54) is 32.8 Å². The predicted molar refractivity (Wildman–Crippen MR) is 103 cm³/mol. The molecule has 1 aromatic rings. The maximum atomic E-state index is 12.1. The van der Waals surface area contributed by atoms with Crippen LogP contribution in [0.15, 0.2) is 17.7 Å². The molecule has 1 aromatic carbocycles. The summed E-state index contributed by atoms with van der Waals surface area (Å²) in [5.41, 5.74) is 0.486. The minimum atomic E-state index is -1.25. The molecule has 0 atom stereocenters. The van der Waals surface area contributed by atoms with Crippen LogP contribution in [0.25, 0.3) is 6.08 Å². The normalized spacial score (nSPS) is 19.8. The zero-order chi connectivity index (χ0) is 18.9. The Balaban J connectivity index is 1.90. The average molecular weight is 472 g/mol. The number of methoxy groups -OCH3 is 1. The third-order valence-electron chi connectivity index (χ3n) is 4.27. The van der Waals surface area contributed by atoms with Crippen molar-refractivity contribution >= 4 is 40.6 Å². The Morgan fingerprint density at radius 2 is 1.77 bits per heavy atom. The smallest absolute Gasteiger partial charge is 0.348 e. The lowest BCUT2D eigenvalue weighted by molar-refractivity contribution is -0.222.